The summed E-state index contributed by atoms with van der Waals surface area (Å²) >= 11 is 1.32. The van der Waals surface area contributed by atoms with Gasteiger partial charge < -0.3 is 10.6 Å². The Morgan fingerprint density at radius 1 is 1.04 bits per heavy atom. The quantitative estimate of drug-likeness (QED) is 0.710. The molecule has 1 aromatic carbocycles. The molecule has 25 heavy (non-hydrogen) atoms. The van der Waals surface area contributed by atoms with E-state index in [4.69, 9.17) is 0 Å². The number of pyridine rings is 1. The smallest absolute Gasteiger partial charge is 0.267 e. The first kappa shape index (κ1) is 17.1. The summed E-state index contributed by atoms with van der Waals surface area (Å²) < 4.78 is 0. The lowest BCUT2D eigenvalue weighted by atomic mass is 10.1. The Morgan fingerprint density at radius 3 is 2.44 bits per heavy atom. The van der Waals surface area contributed by atoms with Crippen molar-refractivity contribution < 1.29 is 4.79 Å². The summed E-state index contributed by atoms with van der Waals surface area (Å²) in [5.74, 6) is -0.147. The fraction of sp³-hybridized carbons (Fsp3) is 0.211. The molecular formula is C19H20N4OS. The van der Waals surface area contributed by atoms with Gasteiger partial charge in [0.1, 0.15) is 4.88 Å². The Bertz CT molecular complexity index is 910. The van der Waals surface area contributed by atoms with Crippen molar-refractivity contribution in [3.63, 3.8) is 0 Å². The van der Waals surface area contributed by atoms with Gasteiger partial charge in [-0.15, -0.1) is 0 Å². The second-order valence-corrected chi connectivity index (χ2v) is 7.10. The van der Waals surface area contributed by atoms with Gasteiger partial charge in [-0.1, -0.05) is 29.0 Å². The fourth-order valence-corrected chi connectivity index (χ4v) is 3.47. The van der Waals surface area contributed by atoms with Crippen LogP contribution in [-0.2, 0) is 0 Å². The number of carbonyl (C=O) groups excluding carboxylic acids is 1. The predicted octanol–water partition coefficient (Wildman–Crippen LogP) is 4.77. The van der Waals surface area contributed by atoms with E-state index in [2.05, 4.69) is 32.7 Å². The van der Waals surface area contributed by atoms with Crippen molar-refractivity contribution in [2.45, 2.75) is 27.7 Å². The minimum absolute atomic E-state index is 0.147. The number of hydrogen-bond donors (Lipinski definition) is 2. The van der Waals surface area contributed by atoms with Crippen molar-refractivity contribution in [2.24, 2.45) is 0 Å². The van der Waals surface area contributed by atoms with Crippen LogP contribution in [0.25, 0.3) is 0 Å². The van der Waals surface area contributed by atoms with Crippen molar-refractivity contribution in [2.75, 3.05) is 10.6 Å². The van der Waals surface area contributed by atoms with Gasteiger partial charge in [0.15, 0.2) is 5.13 Å². The molecule has 3 rings (SSSR count). The summed E-state index contributed by atoms with van der Waals surface area (Å²) in [5.41, 5.74) is 5.99. The number of hydrogen-bond acceptors (Lipinski definition) is 5. The van der Waals surface area contributed by atoms with E-state index >= 15 is 0 Å². The SMILES string of the molecule is Cc1cc(C)c(NC(=O)c2cnc(Nc3ccnc(C)c3)s2)c(C)c1. The van der Waals surface area contributed by atoms with E-state index in [0.717, 1.165) is 28.2 Å². The second-order valence-electron chi connectivity index (χ2n) is 6.07. The van der Waals surface area contributed by atoms with E-state index in [9.17, 15) is 4.79 Å². The lowest BCUT2D eigenvalue weighted by Crippen LogP contribution is -2.12. The average molecular weight is 352 g/mol. The highest BCUT2D eigenvalue weighted by Gasteiger charge is 2.14. The summed E-state index contributed by atoms with van der Waals surface area (Å²) in [5, 5.41) is 6.88. The number of nitrogens with one attached hydrogen (secondary N) is 2. The van der Waals surface area contributed by atoms with Crippen LogP contribution in [0, 0.1) is 27.7 Å². The first-order chi connectivity index (χ1) is 11.9. The fourth-order valence-electron chi connectivity index (χ4n) is 2.74. The molecule has 1 amide bonds. The van der Waals surface area contributed by atoms with Crippen molar-refractivity contribution in [1.29, 1.82) is 0 Å². The van der Waals surface area contributed by atoms with Crippen LogP contribution in [0.5, 0.6) is 0 Å². The second kappa shape index (κ2) is 7.03. The molecule has 6 heteroatoms. The molecule has 2 N–H and O–H groups in total. The molecule has 0 saturated heterocycles. The minimum Gasteiger partial charge on any atom is -0.331 e. The van der Waals surface area contributed by atoms with E-state index in [0.29, 0.717) is 10.0 Å². The molecule has 2 aromatic heterocycles. The molecule has 0 aliphatic rings. The molecule has 5 nitrogen and oxygen atoms in total. The third-order valence-electron chi connectivity index (χ3n) is 3.79. The maximum atomic E-state index is 12.5. The summed E-state index contributed by atoms with van der Waals surface area (Å²) in [6.45, 7) is 7.98. The summed E-state index contributed by atoms with van der Waals surface area (Å²) in [6.07, 6.45) is 3.33. The van der Waals surface area contributed by atoms with Crippen LogP contribution in [0.1, 0.15) is 32.1 Å². The van der Waals surface area contributed by atoms with E-state index in [1.54, 1.807) is 12.4 Å². The monoisotopic (exact) mass is 352 g/mol. The zero-order chi connectivity index (χ0) is 18.0. The number of amides is 1. The summed E-state index contributed by atoms with van der Waals surface area (Å²) in [4.78, 5) is 21.6. The van der Waals surface area contributed by atoms with E-state index in [1.165, 1.54) is 16.9 Å². The minimum atomic E-state index is -0.147. The number of anilines is 3. The maximum Gasteiger partial charge on any atom is 0.267 e. The Labute approximate surface area is 151 Å². The van der Waals surface area contributed by atoms with Crippen molar-refractivity contribution in [1.82, 2.24) is 9.97 Å². The van der Waals surface area contributed by atoms with Gasteiger partial charge in [-0.3, -0.25) is 9.78 Å². The Morgan fingerprint density at radius 2 is 1.76 bits per heavy atom. The van der Waals surface area contributed by atoms with Gasteiger partial charge in [-0.2, -0.15) is 0 Å². The van der Waals surface area contributed by atoms with Crippen LogP contribution in [0.2, 0.25) is 0 Å². The predicted molar refractivity (Wildman–Crippen MR) is 103 cm³/mol. The molecular weight excluding hydrogens is 332 g/mol. The highest BCUT2D eigenvalue weighted by molar-refractivity contribution is 7.17. The van der Waals surface area contributed by atoms with Gasteiger partial charge in [0, 0.05) is 23.3 Å². The normalized spacial score (nSPS) is 10.6. The Hall–Kier alpha value is -2.73. The van der Waals surface area contributed by atoms with Crippen LogP contribution >= 0.6 is 11.3 Å². The zero-order valence-corrected chi connectivity index (χ0v) is 15.5. The third-order valence-corrected chi connectivity index (χ3v) is 4.70. The molecule has 0 saturated carbocycles. The molecule has 0 unspecified atom stereocenters. The van der Waals surface area contributed by atoms with Gasteiger partial charge in [0.2, 0.25) is 0 Å². The van der Waals surface area contributed by atoms with Crippen molar-refractivity contribution >= 4 is 33.8 Å². The molecule has 0 aliphatic carbocycles. The van der Waals surface area contributed by atoms with Gasteiger partial charge >= 0.3 is 0 Å². The van der Waals surface area contributed by atoms with Crippen LogP contribution in [-0.4, -0.2) is 15.9 Å². The van der Waals surface area contributed by atoms with Gasteiger partial charge in [0.05, 0.1) is 6.20 Å². The van der Waals surface area contributed by atoms with Crippen LogP contribution in [0.15, 0.2) is 36.7 Å². The van der Waals surface area contributed by atoms with E-state index in [-0.39, 0.29) is 5.91 Å². The van der Waals surface area contributed by atoms with Crippen molar-refractivity contribution in [3.05, 3.63) is 63.9 Å². The Kier molecular flexibility index (Phi) is 4.81. The number of carbonyl (C=O) groups is 1. The van der Waals surface area contributed by atoms with Crippen LogP contribution in [0.3, 0.4) is 0 Å². The Balaban J connectivity index is 1.75. The lowest BCUT2D eigenvalue weighted by Gasteiger charge is -2.12. The average Bonchev–Trinajstić information content (AvgIpc) is 2.99. The van der Waals surface area contributed by atoms with Gasteiger partial charge in [0.25, 0.3) is 5.91 Å². The summed E-state index contributed by atoms with van der Waals surface area (Å²) in [6, 6.07) is 7.93. The first-order valence-corrected chi connectivity index (χ1v) is 8.79. The molecule has 2 heterocycles. The highest BCUT2D eigenvalue weighted by Crippen LogP contribution is 2.26. The first-order valence-electron chi connectivity index (χ1n) is 7.97. The van der Waals surface area contributed by atoms with Gasteiger partial charge in [-0.25, -0.2) is 4.98 Å². The van der Waals surface area contributed by atoms with E-state index in [1.807, 2.05) is 39.8 Å². The third kappa shape index (κ3) is 4.03. The van der Waals surface area contributed by atoms with Crippen LogP contribution in [0.4, 0.5) is 16.5 Å². The number of benzene rings is 1. The lowest BCUT2D eigenvalue weighted by molar-refractivity contribution is 0.103. The van der Waals surface area contributed by atoms with Crippen LogP contribution < -0.4 is 10.6 Å². The number of nitrogens with zero attached hydrogens (tertiary/aromatic N) is 2. The molecule has 0 radical (unpaired) electrons. The highest BCUT2D eigenvalue weighted by atomic mass is 32.1. The topological polar surface area (TPSA) is 66.9 Å². The van der Waals surface area contributed by atoms with Crippen molar-refractivity contribution in [3.8, 4) is 0 Å². The number of thiazole rings is 1. The molecule has 0 spiro atoms. The maximum absolute atomic E-state index is 12.5. The largest absolute Gasteiger partial charge is 0.331 e. The summed E-state index contributed by atoms with van der Waals surface area (Å²) in [7, 11) is 0. The molecule has 3 aromatic rings. The molecule has 0 atom stereocenters. The molecule has 0 aliphatic heterocycles. The number of aromatic nitrogens is 2. The molecule has 0 fully saturated rings. The zero-order valence-electron chi connectivity index (χ0n) is 14.7. The molecule has 128 valence electrons. The molecule has 0 bridgehead atoms. The van der Waals surface area contributed by atoms with Gasteiger partial charge in [-0.05, 0) is 51.0 Å². The van der Waals surface area contributed by atoms with E-state index < -0.39 is 0 Å². The number of rotatable bonds is 4. The number of aryl methyl sites for hydroxylation is 4. The standard InChI is InChI=1S/C19H20N4OS/c1-11-7-12(2)17(13(3)8-11)23-18(24)16-10-21-19(25-16)22-15-5-6-20-14(4)9-15/h5-10H,1-4H3,(H,23,24)(H,20,21,22).